The Balaban J connectivity index is 1.66. The van der Waals surface area contributed by atoms with Gasteiger partial charge in [-0.2, -0.15) is 11.8 Å². The van der Waals surface area contributed by atoms with Crippen molar-refractivity contribution in [2.45, 2.75) is 49.9 Å². The van der Waals surface area contributed by atoms with Gasteiger partial charge in [0.2, 0.25) is 41.4 Å². The largest absolute Gasteiger partial charge is 0.508 e. The van der Waals surface area contributed by atoms with Crippen LogP contribution in [0.5, 0.6) is 5.75 Å². The maximum Gasteiger partial charge on any atom is 0.305 e. The second kappa shape index (κ2) is 21.5. The fraction of sp³-hybridized carbons (Fsp3) is 0.371. The lowest BCUT2D eigenvalue weighted by Gasteiger charge is -2.22. The Morgan fingerprint density at radius 3 is 1.95 bits per heavy atom. The number of carboxylic acid groups (broad SMARTS) is 1. The first-order valence-electron chi connectivity index (χ1n) is 17.0. The lowest BCUT2D eigenvalue weighted by molar-refractivity contribution is -0.140. The van der Waals surface area contributed by atoms with Gasteiger partial charge < -0.3 is 58.6 Å². The zero-order chi connectivity index (χ0) is 40.5. The van der Waals surface area contributed by atoms with Crippen LogP contribution in [0.3, 0.4) is 0 Å². The second-order valence-corrected chi connectivity index (χ2v) is 13.3. The van der Waals surface area contributed by atoms with Crippen LogP contribution in [-0.2, 0) is 51.2 Å². The molecule has 1 aromatic heterocycles. The van der Waals surface area contributed by atoms with Crippen molar-refractivity contribution in [1.29, 1.82) is 0 Å². The summed E-state index contributed by atoms with van der Waals surface area (Å²) in [6, 6.07) is 8.45. The number of nitrogens with two attached hydrogens (primary N) is 2. The Bertz CT molecular complexity index is 1850. The number of hydrogen-bond donors (Lipinski definition) is 11. The quantitative estimate of drug-likeness (QED) is 0.0504. The Kier molecular flexibility index (Phi) is 16.9. The molecule has 2 aromatic carbocycles. The number of thioether (sulfide) groups is 1. The number of nitrogens with one attached hydrogen (secondary N) is 7. The number of benzene rings is 2. The van der Waals surface area contributed by atoms with Crippen LogP contribution in [0.1, 0.15) is 24.0 Å². The van der Waals surface area contributed by atoms with Crippen molar-refractivity contribution in [3.05, 3.63) is 65.9 Å². The van der Waals surface area contributed by atoms with Gasteiger partial charge in [-0.3, -0.25) is 38.4 Å². The molecule has 7 amide bonds. The summed E-state index contributed by atoms with van der Waals surface area (Å²) in [5, 5.41) is 33.7. The molecule has 296 valence electrons. The molecule has 0 spiro atoms. The number of aliphatic carboxylic acids is 1. The van der Waals surface area contributed by atoms with Crippen LogP contribution in [0, 0.1) is 0 Å². The van der Waals surface area contributed by atoms with Gasteiger partial charge in [-0.15, -0.1) is 0 Å². The van der Waals surface area contributed by atoms with E-state index < -0.39 is 97.5 Å². The van der Waals surface area contributed by atoms with Crippen molar-refractivity contribution in [2.24, 2.45) is 11.5 Å². The third kappa shape index (κ3) is 14.7. The van der Waals surface area contributed by atoms with Crippen molar-refractivity contribution < 1.29 is 48.6 Å². The predicted octanol–water partition coefficient (Wildman–Crippen LogP) is -2.50. The second-order valence-electron chi connectivity index (χ2n) is 12.3. The van der Waals surface area contributed by atoms with Crippen LogP contribution in [-0.4, -0.2) is 118 Å². The maximum absolute atomic E-state index is 13.4. The van der Waals surface area contributed by atoms with Crippen LogP contribution in [0.15, 0.2) is 54.7 Å². The molecule has 1 heterocycles. The van der Waals surface area contributed by atoms with Crippen LogP contribution < -0.4 is 43.4 Å². The molecule has 0 unspecified atom stereocenters. The molecule has 0 aliphatic rings. The van der Waals surface area contributed by atoms with E-state index in [1.165, 1.54) is 23.9 Å². The van der Waals surface area contributed by atoms with Gasteiger partial charge in [0.05, 0.1) is 32.1 Å². The topological polar surface area (TPSA) is 317 Å². The first kappa shape index (κ1) is 43.3. The number of para-hydroxylation sites is 1. The minimum absolute atomic E-state index is 0.0559. The maximum atomic E-state index is 13.4. The molecular weight excluding hydrogens is 739 g/mol. The Labute approximate surface area is 319 Å². The average molecular weight is 784 g/mol. The molecule has 13 N–H and O–H groups in total. The highest BCUT2D eigenvalue weighted by Gasteiger charge is 2.28. The smallest absolute Gasteiger partial charge is 0.305 e. The van der Waals surface area contributed by atoms with E-state index in [4.69, 9.17) is 16.6 Å². The van der Waals surface area contributed by atoms with Crippen molar-refractivity contribution >= 4 is 70.0 Å². The van der Waals surface area contributed by atoms with Gasteiger partial charge in [0.15, 0.2) is 0 Å². The highest BCUT2D eigenvalue weighted by Crippen LogP contribution is 2.19. The van der Waals surface area contributed by atoms with Gasteiger partial charge in [-0.25, -0.2) is 0 Å². The molecule has 4 atom stereocenters. The number of rotatable bonds is 22. The molecule has 19 nitrogen and oxygen atoms in total. The van der Waals surface area contributed by atoms with Gasteiger partial charge in [-0.1, -0.05) is 30.3 Å². The number of carbonyl (C=O) groups is 8. The molecule has 0 radical (unpaired) electrons. The number of carbonyl (C=O) groups excluding carboxylic acids is 7. The Morgan fingerprint density at radius 2 is 1.33 bits per heavy atom. The number of amides is 7. The van der Waals surface area contributed by atoms with E-state index in [0.29, 0.717) is 16.9 Å². The molecule has 0 aliphatic carbocycles. The van der Waals surface area contributed by atoms with Gasteiger partial charge in [0, 0.05) is 23.5 Å². The summed E-state index contributed by atoms with van der Waals surface area (Å²) in [5.41, 5.74) is 13.2. The molecule has 0 saturated heterocycles. The molecule has 20 heteroatoms. The monoisotopic (exact) mass is 783 g/mol. The van der Waals surface area contributed by atoms with E-state index in [-0.39, 0.29) is 25.0 Å². The molecule has 55 heavy (non-hydrogen) atoms. The summed E-state index contributed by atoms with van der Waals surface area (Å²) in [6.45, 7) is -1.90. The molecule has 3 aromatic rings. The van der Waals surface area contributed by atoms with Gasteiger partial charge in [-0.05, 0) is 54.2 Å². The van der Waals surface area contributed by atoms with E-state index in [1.807, 2.05) is 12.3 Å². The number of aromatic amines is 1. The van der Waals surface area contributed by atoms with Crippen LogP contribution >= 0.6 is 11.8 Å². The number of phenols is 1. The Hall–Kier alpha value is -6.15. The zero-order valence-corrected chi connectivity index (χ0v) is 30.7. The number of aromatic nitrogens is 1. The first-order valence-corrected chi connectivity index (χ1v) is 18.4. The number of carboxylic acids is 1. The summed E-state index contributed by atoms with van der Waals surface area (Å²) in [4.78, 5) is 103. The minimum Gasteiger partial charge on any atom is -0.508 e. The van der Waals surface area contributed by atoms with Gasteiger partial charge in [0.25, 0.3) is 0 Å². The number of primary amides is 1. The van der Waals surface area contributed by atoms with E-state index in [2.05, 4.69) is 36.9 Å². The lowest BCUT2D eigenvalue weighted by atomic mass is 10.0. The summed E-state index contributed by atoms with van der Waals surface area (Å²) in [7, 11) is 0. The van der Waals surface area contributed by atoms with E-state index >= 15 is 0 Å². The highest BCUT2D eigenvalue weighted by molar-refractivity contribution is 7.98. The van der Waals surface area contributed by atoms with Gasteiger partial charge in [0.1, 0.15) is 23.9 Å². The minimum atomic E-state index is -1.59. The molecule has 0 aliphatic heterocycles. The third-order valence-electron chi connectivity index (χ3n) is 8.04. The first-order chi connectivity index (χ1) is 26.2. The number of fused-ring (bicyclic) bond motifs is 1. The number of phenolic OH excluding ortho intramolecular Hbond substituents is 1. The standard InChI is InChI=1S/C35H45N9O10S/c1-55-11-10-25(44-32(51)23(36)12-19-6-8-21(45)9-7-19)33(52)40-17-29(47)42-26(13-20-15-38-24-5-3-2-4-22(20)24)34(53)41-18-30(48)43-27(14-31(49)50)35(54)39-16-28(37)46/h2-9,15,23,25-27,38,45H,10-14,16-18,36H2,1H3,(H2,37,46)(H,39,54)(H,40,52)(H,41,53)(H,42,47)(H,43,48)(H,44,51)(H,49,50)/t23-,25-,26-,27-/m0/s1. The fourth-order valence-corrected chi connectivity index (χ4v) is 5.72. The van der Waals surface area contributed by atoms with Crippen molar-refractivity contribution in [3.8, 4) is 5.75 Å². The average Bonchev–Trinajstić information content (AvgIpc) is 3.56. The fourth-order valence-electron chi connectivity index (χ4n) is 5.24. The Morgan fingerprint density at radius 1 is 0.745 bits per heavy atom. The van der Waals surface area contributed by atoms with Crippen LogP contribution in [0.2, 0.25) is 0 Å². The summed E-state index contributed by atoms with van der Waals surface area (Å²) in [5.74, 6) is -6.56. The van der Waals surface area contributed by atoms with Crippen LogP contribution in [0.25, 0.3) is 10.9 Å². The van der Waals surface area contributed by atoms with Crippen LogP contribution in [0.4, 0.5) is 0 Å². The molecule has 0 fully saturated rings. The normalized spacial score (nSPS) is 13.0. The zero-order valence-electron chi connectivity index (χ0n) is 29.9. The SMILES string of the molecule is CSCC[C@H](NC(=O)[C@@H](N)Cc1ccc(O)cc1)C(=O)NCC(=O)N[C@@H](Cc1c[nH]c2ccccc12)C(=O)NCC(=O)N[C@@H](CC(=O)O)C(=O)NCC(N)=O. The van der Waals surface area contributed by atoms with Gasteiger partial charge >= 0.3 is 5.97 Å². The number of H-pyrrole nitrogens is 1. The molecule has 3 rings (SSSR count). The van der Waals surface area contributed by atoms with Crippen molar-refractivity contribution in [2.75, 3.05) is 31.6 Å². The summed E-state index contributed by atoms with van der Waals surface area (Å²) < 4.78 is 0. The summed E-state index contributed by atoms with van der Waals surface area (Å²) >= 11 is 1.44. The predicted molar refractivity (Wildman–Crippen MR) is 201 cm³/mol. The number of hydrogen-bond acceptors (Lipinski definition) is 11. The van der Waals surface area contributed by atoms with Crippen molar-refractivity contribution in [3.63, 3.8) is 0 Å². The highest BCUT2D eigenvalue weighted by atomic mass is 32.2. The van der Waals surface area contributed by atoms with Crippen molar-refractivity contribution in [1.82, 2.24) is 36.9 Å². The van der Waals surface area contributed by atoms with E-state index in [9.17, 15) is 43.5 Å². The van der Waals surface area contributed by atoms with E-state index in [0.717, 1.165) is 10.9 Å². The third-order valence-corrected chi connectivity index (χ3v) is 8.68. The number of aromatic hydroxyl groups is 1. The van der Waals surface area contributed by atoms with E-state index in [1.54, 1.807) is 36.5 Å². The molecule has 0 saturated carbocycles. The lowest BCUT2D eigenvalue weighted by Crippen LogP contribution is -2.55. The molecule has 0 bridgehead atoms. The molecular formula is C35H45N9O10S. The summed E-state index contributed by atoms with van der Waals surface area (Å²) in [6.07, 6.45) is 2.95.